The Balaban J connectivity index is 0.00000203. The number of carbonyl (C=O) groups is 4. The zero-order chi connectivity index (χ0) is 28.9. The SMILES string of the molecule is CCN(CC)CCN(CCN(CC)CC)C(=O)NCCCOc1ccc(NC(C)=O)cc1.O=C(O)C(=O)O. The molecular weight excluding hydrogens is 494 g/mol. The number of nitrogens with one attached hydrogen (secondary N) is 2. The van der Waals surface area contributed by atoms with Gasteiger partial charge in [-0.2, -0.15) is 0 Å². The number of anilines is 1. The summed E-state index contributed by atoms with van der Waals surface area (Å²) in [4.78, 5) is 48.7. The Labute approximate surface area is 225 Å². The quantitative estimate of drug-likeness (QED) is 0.183. The number of rotatable bonds is 16. The van der Waals surface area contributed by atoms with E-state index in [0.717, 1.165) is 70.2 Å². The molecule has 0 saturated heterocycles. The highest BCUT2D eigenvalue weighted by Gasteiger charge is 2.15. The molecule has 1 aromatic carbocycles. The Morgan fingerprint density at radius 1 is 0.789 bits per heavy atom. The fourth-order valence-corrected chi connectivity index (χ4v) is 3.33. The predicted octanol–water partition coefficient (Wildman–Crippen LogP) is 2.26. The number of ether oxygens (including phenoxy) is 1. The van der Waals surface area contributed by atoms with Gasteiger partial charge in [0.15, 0.2) is 0 Å². The molecule has 0 aliphatic carbocycles. The van der Waals surface area contributed by atoms with Gasteiger partial charge in [-0.3, -0.25) is 4.79 Å². The van der Waals surface area contributed by atoms with E-state index >= 15 is 0 Å². The predicted molar refractivity (Wildman–Crippen MR) is 147 cm³/mol. The van der Waals surface area contributed by atoms with E-state index in [0.29, 0.717) is 13.2 Å². The highest BCUT2D eigenvalue weighted by atomic mass is 16.5. The van der Waals surface area contributed by atoms with Crippen molar-refractivity contribution in [3.8, 4) is 5.75 Å². The van der Waals surface area contributed by atoms with Crippen LogP contribution in [0.15, 0.2) is 24.3 Å². The molecule has 216 valence electrons. The maximum absolute atomic E-state index is 12.8. The smallest absolute Gasteiger partial charge is 0.414 e. The molecule has 0 radical (unpaired) electrons. The van der Waals surface area contributed by atoms with E-state index in [2.05, 4.69) is 48.1 Å². The molecule has 0 spiro atoms. The number of carboxylic acid groups (broad SMARTS) is 2. The number of hydrogen-bond acceptors (Lipinski definition) is 7. The van der Waals surface area contributed by atoms with Gasteiger partial charge >= 0.3 is 18.0 Å². The first-order chi connectivity index (χ1) is 18.1. The maximum atomic E-state index is 12.8. The van der Waals surface area contributed by atoms with Crippen molar-refractivity contribution in [1.29, 1.82) is 0 Å². The van der Waals surface area contributed by atoms with Crippen molar-refractivity contribution in [1.82, 2.24) is 20.0 Å². The number of nitrogens with zero attached hydrogens (tertiary/aromatic N) is 3. The van der Waals surface area contributed by atoms with Crippen LogP contribution in [0.5, 0.6) is 5.75 Å². The van der Waals surface area contributed by atoms with Crippen LogP contribution in [0.2, 0.25) is 0 Å². The van der Waals surface area contributed by atoms with Gasteiger partial charge in [0.25, 0.3) is 0 Å². The summed E-state index contributed by atoms with van der Waals surface area (Å²) in [5.74, 6) is -3.01. The van der Waals surface area contributed by atoms with Crippen LogP contribution in [0.1, 0.15) is 41.0 Å². The van der Waals surface area contributed by atoms with E-state index in [1.165, 1.54) is 6.92 Å². The standard InChI is InChI=1S/C24H43N5O3.C2H2O4/c1-6-27(7-2)16-18-29(19-17-28(8-3)9-4)24(31)25-15-10-20-32-23-13-11-22(12-14-23)26-21(5)30;3-1(4)2(5)6/h11-14H,6-10,15-20H2,1-5H3,(H,25,31)(H,26,30);(H,3,4)(H,5,6). The molecule has 1 rings (SSSR count). The highest BCUT2D eigenvalue weighted by Crippen LogP contribution is 2.15. The van der Waals surface area contributed by atoms with Crippen molar-refractivity contribution >= 4 is 29.6 Å². The number of amides is 3. The molecule has 38 heavy (non-hydrogen) atoms. The average Bonchev–Trinajstić information content (AvgIpc) is 2.89. The number of carboxylic acids is 2. The third-order valence-electron chi connectivity index (χ3n) is 5.67. The number of benzene rings is 1. The topological polar surface area (TPSA) is 152 Å². The van der Waals surface area contributed by atoms with Crippen LogP contribution in [0.4, 0.5) is 10.5 Å². The van der Waals surface area contributed by atoms with Gasteiger partial charge in [0, 0.05) is 45.3 Å². The molecule has 1 aromatic rings. The summed E-state index contributed by atoms with van der Waals surface area (Å²) < 4.78 is 5.73. The van der Waals surface area contributed by atoms with Gasteiger partial charge in [-0.25, -0.2) is 14.4 Å². The lowest BCUT2D eigenvalue weighted by Crippen LogP contribution is -2.47. The van der Waals surface area contributed by atoms with E-state index in [1.807, 2.05) is 29.2 Å². The molecule has 12 heteroatoms. The van der Waals surface area contributed by atoms with Gasteiger partial charge in [0.1, 0.15) is 5.75 Å². The second-order valence-electron chi connectivity index (χ2n) is 8.29. The Hall–Kier alpha value is -3.38. The number of urea groups is 1. The Morgan fingerprint density at radius 2 is 1.26 bits per heavy atom. The van der Waals surface area contributed by atoms with Crippen molar-refractivity contribution in [2.24, 2.45) is 0 Å². The monoisotopic (exact) mass is 539 g/mol. The fourth-order valence-electron chi connectivity index (χ4n) is 3.33. The molecule has 3 amide bonds. The van der Waals surface area contributed by atoms with E-state index < -0.39 is 11.9 Å². The highest BCUT2D eigenvalue weighted by molar-refractivity contribution is 6.27. The third kappa shape index (κ3) is 16.4. The molecule has 0 aliphatic rings. The van der Waals surface area contributed by atoms with Gasteiger partial charge in [0.05, 0.1) is 6.61 Å². The Bertz CT molecular complexity index is 800. The summed E-state index contributed by atoms with van der Waals surface area (Å²) in [6, 6.07) is 7.26. The fraction of sp³-hybridized carbons (Fsp3) is 0.615. The van der Waals surface area contributed by atoms with Crippen molar-refractivity contribution < 1.29 is 34.1 Å². The minimum Gasteiger partial charge on any atom is -0.494 e. The molecule has 0 heterocycles. The molecule has 0 saturated carbocycles. The molecule has 0 fully saturated rings. The summed E-state index contributed by atoms with van der Waals surface area (Å²) in [7, 11) is 0. The van der Waals surface area contributed by atoms with E-state index in [1.54, 1.807) is 0 Å². The molecule has 0 unspecified atom stereocenters. The summed E-state index contributed by atoms with van der Waals surface area (Å²) in [6.45, 7) is 18.3. The normalized spacial score (nSPS) is 10.4. The second kappa shape index (κ2) is 20.7. The first-order valence-electron chi connectivity index (χ1n) is 13.0. The van der Waals surface area contributed by atoms with Crippen LogP contribution < -0.4 is 15.4 Å². The van der Waals surface area contributed by atoms with E-state index in [4.69, 9.17) is 24.5 Å². The van der Waals surface area contributed by atoms with Gasteiger partial charge < -0.3 is 40.3 Å². The molecule has 0 aromatic heterocycles. The number of carbonyl (C=O) groups excluding carboxylic acids is 2. The van der Waals surface area contributed by atoms with Gasteiger partial charge in [-0.1, -0.05) is 27.7 Å². The molecule has 0 bridgehead atoms. The van der Waals surface area contributed by atoms with E-state index in [-0.39, 0.29) is 11.9 Å². The van der Waals surface area contributed by atoms with Crippen LogP contribution >= 0.6 is 0 Å². The molecule has 0 aliphatic heterocycles. The molecule has 4 N–H and O–H groups in total. The number of likely N-dealkylation sites (N-methyl/N-ethyl adjacent to an activating group) is 2. The summed E-state index contributed by atoms with van der Waals surface area (Å²) in [6.07, 6.45) is 0.721. The van der Waals surface area contributed by atoms with Crippen molar-refractivity contribution in [3.05, 3.63) is 24.3 Å². The minimum absolute atomic E-state index is 0.0102. The van der Waals surface area contributed by atoms with Crippen LogP contribution in [-0.4, -0.2) is 114 Å². The summed E-state index contributed by atoms with van der Waals surface area (Å²) in [5, 5.41) is 20.6. The zero-order valence-electron chi connectivity index (χ0n) is 23.4. The van der Waals surface area contributed by atoms with Crippen molar-refractivity contribution in [3.63, 3.8) is 0 Å². The zero-order valence-corrected chi connectivity index (χ0v) is 23.4. The largest absolute Gasteiger partial charge is 0.494 e. The summed E-state index contributed by atoms with van der Waals surface area (Å²) in [5.41, 5.74) is 0.742. The Kier molecular flexibility index (Phi) is 18.8. The Morgan fingerprint density at radius 3 is 1.66 bits per heavy atom. The van der Waals surface area contributed by atoms with Crippen molar-refractivity contribution in [2.45, 2.75) is 41.0 Å². The van der Waals surface area contributed by atoms with Gasteiger partial charge in [0.2, 0.25) is 5.91 Å². The van der Waals surface area contributed by atoms with Gasteiger partial charge in [-0.15, -0.1) is 0 Å². The molecule has 12 nitrogen and oxygen atoms in total. The first kappa shape index (κ1) is 34.6. The lowest BCUT2D eigenvalue weighted by Gasteiger charge is -2.29. The van der Waals surface area contributed by atoms with Crippen LogP contribution in [-0.2, 0) is 14.4 Å². The van der Waals surface area contributed by atoms with Crippen LogP contribution in [0, 0.1) is 0 Å². The third-order valence-corrected chi connectivity index (χ3v) is 5.67. The first-order valence-corrected chi connectivity index (χ1v) is 13.0. The van der Waals surface area contributed by atoms with E-state index in [9.17, 15) is 9.59 Å². The summed E-state index contributed by atoms with van der Waals surface area (Å²) >= 11 is 0. The molecule has 0 atom stereocenters. The van der Waals surface area contributed by atoms with Crippen LogP contribution in [0.3, 0.4) is 0 Å². The van der Waals surface area contributed by atoms with Crippen molar-refractivity contribution in [2.75, 3.05) is 70.8 Å². The molecular formula is C26H45N5O7. The minimum atomic E-state index is -1.82. The lowest BCUT2D eigenvalue weighted by molar-refractivity contribution is -0.159. The lowest BCUT2D eigenvalue weighted by atomic mass is 10.3. The number of hydrogen-bond donors (Lipinski definition) is 4. The second-order valence-corrected chi connectivity index (χ2v) is 8.29. The number of aliphatic carboxylic acids is 2. The maximum Gasteiger partial charge on any atom is 0.414 e. The average molecular weight is 540 g/mol. The van der Waals surface area contributed by atoms with Crippen LogP contribution in [0.25, 0.3) is 0 Å². The van der Waals surface area contributed by atoms with Gasteiger partial charge in [-0.05, 0) is 56.9 Å².